The lowest BCUT2D eigenvalue weighted by Crippen LogP contribution is -2.08. The number of unbranched alkanes of at least 4 members (excludes halogenated alkanes) is 5. The van der Waals surface area contributed by atoms with Crippen LogP contribution in [0.25, 0.3) is 0 Å². The fraction of sp³-hybridized carbons (Fsp3) is 0.588. The molecular formula is C17H26O. The van der Waals surface area contributed by atoms with Crippen molar-refractivity contribution in [3.05, 3.63) is 35.9 Å². The zero-order valence-corrected chi connectivity index (χ0v) is 11.8. The molecular weight excluding hydrogens is 220 g/mol. The van der Waals surface area contributed by atoms with Crippen molar-refractivity contribution in [3.63, 3.8) is 0 Å². The Morgan fingerprint density at radius 1 is 1.00 bits per heavy atom. The average molecular weight is 246 g/mol. The third-order valence-electron chi connectivity index (χ3n) is 3.56. The van der Waals surface area contributed by atoms with Gasteiger partial charge in [-0.3, -0.25) is 4.79 Å². The van der Waals surface area contributed by atoms with E-state index in [-0.39, 0.29) is 5.92 Å². The van der Waals surface area contributed by atoms with Gasteiger partial charge in [0, 0.05) is 12.3 Å². The molecule has 0 spiro atoms. The summed E-state index contributed by atoms with van der Waals surface area (Å²) in [5.74, 6) is 0.443. The van der Waals surface area contributed by atoms with Gasteiger partial charge in [0.15, 0.2) is 0 Å². The minimum absolute atomic E-state index is 0.0573. The van der Waals surface area contributed by atoms with Crippen LogP contribution in [-0.2, 0) is 4.79 Å². The Labute approximate surface area is 112 Å². The molecule has 0 amide bonds. The molecule has 1 aromatic rings. The monoisotopic (exact) mass is 246 g/mol. The van der Waals surface area contributed by atoms with Crippen molar-refractivity contribution < 1.29 is 4.79 Å². The van der Waals surface area contributed by atoms with Gasteiger partial charge < -0.3 is 0 Å². The van der Waals surface area contributed by atoms with Gasteiger partial charge in [-0.25, -0.2) is 0 Å². The largest absolute Gasteiger partial charge is 0.299 e. The second-order valence-corrected chi connectivity index (χ2v) is 5.12. The predicted octanol–water partition coefficient (Wildman–Crippen LogP) is 5.11. The SMILES string of the molecule is CCCCCCCCC(=O)C(C)c1ccccc1. The van der Waals surface area contributed by atoms with Gasteiger partial charge in [-0.15, -0.1) is 0 Å². The zero-order chi connectivity index (χ0) is 13.2. The standard InChI is InChI=1S/C17H26O/c1-3-4-5-6-7-11-14-17(18)15(2)16-12-9-8-10-13-16/h8-10,12-13,15H,3-7,11,14H2,1-2H3. The topological polar surface area (TPSA) is 17.1 Å². The van der Waals surface area contributed by atoms with Gasteiger partial charge in [-0.2, -0.15) is 0 Å². The summed E-state index contributed by atoms with van der Waals surface area (Å²) in [6.07, 6.45) is 8.20. The molecule has 18 heavy (non-hydrogen) atoms. The molecule has 100 valence electrons. The second kappa shape index (κ2) is 8.91. The van der Waals surface area contributed by atoms with Crippen LogP contribution in [0.3, 0.4) is 0 Å². The van der Waals surface area contributed by atoms with E-state index in [0.29, 0.717) is 5.78 Å². The molecule has 1 nitrogen and oxygen atoms in total. The van der Waals surface area contributed by atoms with E-state index in [1.807, 2.05) is 37.3 Å². The summed E-state index contributed by atoms with van der Waals surface area (Å²) < 4.78 is 0. The predicted molar refractivity (Wildman–Crippen MR) is 77.9 cm³/mol. The van der Waals surface area contributed by atoms with E-state index in [2.05, 4.69) is 6.92 Å². The highest BCUT2D eigenvalue weighted by Gasteiger charge is 2.13. The first-order valence-electron chi connectivity index (χ1n) is 7.33. The summed E-state index contributed by atoms with van der Waals surface area (Å²) >= 11 is 0. The highest BCUT2D eigenvalue weighted by molar-refractivity contribution is 5.85. The number of Topliss-reactive ketones (excluding diaryl/α,β-unsaturated/α-hetero) is 1. The summed E-state index contributed by atoms with van der Waals surface area (Å²) in [6.45, 7) is 4.25. The quantitative estimate of drug-likeness (QED) is 0.553. The Morgan fingerprint density at radius 3 is 2.28 bits per heavy atom. The molecule has 0 aliphatic heterocycles. The highest BCUT2D eigenvalue weighted by atomic mass is 16.1. The van der Waals surface area contributed by atoms with Crippen LogP contribution in [0.2, 0.25) is 0 Å². The van der Waals surface area contributed by atoms with Crippen LogP contribution in [0.4, 0.5) is 0 Å². The van der Waals surface area contributed by atoms with Gasteiger partial charge in [0.05, 0.1) is 0 Å². The van der Waals surface area contributed by atoms with Crippen molar-refractivity contribution in [1.29, 1.82) is 0 Å². The first-order chi connectivity index (χ1) is 8.75. The zero-order valence-electron chi connectivity index (χ0n) is 11.8. The Bertz CT molecular complexity index is 329. The van der Waals surface area contributed by atoms with Crippen LogP contribution in [0.15, 0.2) is 30.3 Å². The van der Waals surface area contributed by atoms with Crippen molar-refractivity contribution in [2.75, 3.05) is 0 Å². The maximum absolute atomic E-state index is 12.0. The third kappa shape index (κ3) is 5.48. The fourth-order valence-electron chi connectivity index (χ4n) is 2.22. The van der Waals surface area contributed by atoms with Gasteiger partial charge in [0.1, 0.15) is 5.78 Å². The number of carbonyl (C=O) groups excluding carboxylic acids is 1. The van der Waals surface area contributed by atoms with Gasteiger partial charge in [-0.1, -0.05) is 76.3 Å². The molecule has 0 saturated heterocycles. The van der Waals surface area contributed by atoms with Crippen LogP contribution < -0.4 is 0 Å². The number of benzene rings is 1. The number of hydrogen-bond donors (Lipinski definition) is 0. The minimum Gasteiger partial charge on any atom is -0.299 e. The van der Waals surface area contributed by atoms with E-state index in [1.54, 1.807) is 0 Å². The van der Waals surface area contributed by atoms with Crippen LogP contribution in [-0.4, -0.2) is 5.78 Å². The molecule has 0 heterocycles. The smallest absolute Gasteiger partial charge is 0.140 e. The Morgan fingerprint density at radius 2 is 1.61 bits per heavy atom. The van der Waals surface area contributed by atoms with E-state index in [9.17, 15) is 4.79 Å². The fourth-order valence-corrected chi connectivity index (χ4v) is 2.22. The van der Waals surface area contributed by atoms with Crippen molar-refractivity contribution >= 4 is 5.78 Å². The van der Waals surface area contributed by atoms with E-state index in [1.165, 1.54) is 32.1 Å². The van der Waals surface area contributed by atoms with Crippen LogP contribution >= 0.6 is 0 Å². The normalized spacial score (nSPS) is 12.3. The molecule has 0 bridgehead atoms. The molecule has 1 heteroatoms. The molecule has 1 rings (SSSR count). The van der Waals surface area contributed by atoms with Crippen LogP contribution in [0, 0.1) is 0 Å². The summed E-state index contributed by atoms with van der Waals surface area (Å²) in [7, 11) is 0. The molecule has 1 atom stereocenters. The molecule has 0 fully saturated rings. The molecule has 0 radical (unpaired) electrons. The van der Waals surface area contributed by atoms with Crippen molar-refractivity contribution in [3.8, 4) is 0 Å². The van der Waals surface area contributed by atoms with Crippen molar-refractivity contribution in [2.45, 2.75) is 64.7 Å². The number of rotatable bonds is 9. The molecule has 1 unspecified atom stereocenters. The summed E-state index contributed by atoms with van der Waals surface area (Å²) in [4.78, 5) is 12.0. The number of carbonyl (C=O) groups is 1. The first-order valence-corrected chi connectivity index (χ1v) is 7.33. The number of hydrogen-bond acceptors (Lipinski definition) is 1. The molecule has 0 aliphatic carbocycles. The lowest BCUT2D eigenvalue weighted by Gasteiger charge is -2.10. The first kappa shape index (κ1) is 14.9. The van der Waals surface area contributed by atoms with E-state index < -0.39 is 0 Å². The lowest BCUT2D eigenvalue weighted by molar-refractivity contribution is -0.120. The van der Waals surface area contributed by atoms with E-state index in [4.69, 9.17) is 0 Å². The number of ketones is 1. The highest BCUT2D eigenvalue weighted by Crippen LogP contribution is 2.19. The third-order valence-corrected chi connectivity index (χ3v) is 3.56. The molecule has 0 saturated carbocycles. The van der Waals surface area contributed by atoms with Crippen LogP contribution in [0.1, 0.15) is 70.3 Å². The Balaban J connectivity index is 2.20. The van der Waals surface area contributed by atoms with Crippen LogP contribution in [0.5, 0.6) is 0 Å². The van der Waals surface area contributed by atoms with Gasteiger partial charge in [0.25, 0.3) is 0 Å². The minimum atomic E-state index is 0.0573. The lowest BCUT2D eigenvalue weighted by atomic mass is 9.93. The second-order valence-electron chi connectivity index (χ2n) is 5.12. The van der Waals surface area contributed by atoms with Crippen molar-refractivity contribution in [1.82, 2.24) is 0 Å². The molecule has 0 aromatic heterocycles. The summed E-state index contributed by atoms with van der Waals surface area (Å²) in [6, 6.07) is 10.1. The molecule has 1 aromatic carbocycles. The molecule has 0 aliphatic rings. The summed E-state index contributed by atoms with van der Waals surface area (Å²) in [5.41, 5.74) is 1.15. The Kier molecular flexibility index (Phi) is 7.40. The van der Waals surface area contributed by atoms with E-state index >= 15 is 0 Å². The maximum Gasteiger partial charge on any atom is 0.140 e. The molecule has 0 N–H and O–H groups in total. The Hall–Kier alpha value is -1.11. The van der Waals surface area contributed by atoms with Gasteiger partial charge in [0.2, 0.25) is 0 Å². The van der Waals surface area contributed by atoms with Gasteiger partial charge in [-0.05, 0) is 12.0 Å². The summed E-state index contributed by atoms with van der Waals surface area (Å²) in [5, 5.41) is 0. The van der Waals surface area contributed by atoms with Crippen molar-refractivity contribution in [2.24, 2.45) is 0 Å². The average Bonchev–Trinajstić information content (AvgIpc) is 2.42. The van der Waals surface area contributed by atoms with Gasteiger partial charge >= 0.3 is 0 Å². The van der Waals surface area contributed by atoms with E-state index in [0.717, 1.165) is 18.4 Å². The maximum atomic E-state index is 12.0.